The Labute approximate surface area is 90.2 Å². The van der Waals surface area contributed by atoms with Gasteiger partial charge in [-0.1, -0.05) is 19.1 Å². The van der Waals surface area contributed by atoms with Crippen molar-refractivity contribution in [1.82, 2.24) is 0 Å². The van der Waals surface area contributed by atoms with Crippen LogP contribution in [0.25, 0.3) is 0 Å². The van der Waals surface area contributed by atoms with Crippen molar-refractivity contribution in [3.05, 3.63) is 29.8 Å². The summed E-state index contributed by atoms with van der Waals surface area (Å²) in [6.07, 6.45) is 0.740. The maximum atomic E-state index is 11.9. The molecule has 0 aliphatic heterocycles. The molecule has 0 heterocycles. The van der Waals surface area contributed by atoms with Gasteiger partial charge in [0.15, 0.2) is 5.78 Å². The molecule has 1 aromatic rings. The van der Waals surface area contributed by atoms with Crippen LogP contribution in [0.4, 0.5) is 5.69 Å². The summed E-state index contributed by atoms with van der Waals surface area (Å²) >= 11 is 0. The van der Waals surface area contributed by atoms with E-state index in [9.17, 15) is 4.79 Å². The van der Waals surface area contributed by atoms with Gasteiger partial charge >= 0.3 is 0 Å². The number of methoxy groups -OCH3 is 1. The maximum Gasteiger partial charge on any atom is 0.165 e. The number of carbonyl (C=O) groups excluding carboxylic acids is 1. The second-order valence-corrected chi connectivity index (χ2v) is 3.67. The number of anilines is 1. The summed E-state index contributed by atoms with van der Waals surface area (Å²) in [6, 6.07) is 7.08. The Hall–Kier alpha value is -1.35. The second-order valence-electron chi connectivity index (χ2n) is 3.67. The normalized spacial score (nSPS) is 12.4. The molecule has 2 N–H and O–H groups in total. The number of hydrogen-bond acceptors (Lipinski definition) is 3. The highest BCUT2D eigenvalue weighted by Crippen LogP contribution is 2.14. The largest absolute Gasteiger partial charge is 0.399 e. The van der Waals surface area contributed by atoms with Crippen LogP contribution in [-0.4, -0.2) is 19.5 Å². The number of benzene rings is 1. The summed E-state index contributed by atoms with van der Waals surface area (Å²) in [5, 5.41) is 0. The zero-order chi connectivity index (χ0) is 11.3. The van der Waals surface area contributed by atoms with E-state index in [1.54, 1.807) is 31.4 Å². The van der Waals surface area contributed by atoms with E-state index >= 15 is 0 Å². The molecule has 3 heteroatoms. The van der Waals surface area contributed by atoms with Gasteiger partial charge in [0.2, 0.25) is 0 Å². The predicted octanol–water partition coefficient (Wildman–Crippen LogP) is 2.12. The first kappa shape index (κ1) is 11.7. The minimum absolute atomic E-state index is 0.0215. The molecule has 0 aromatic heterocycles. The number of carbonyl (C=O) groups is 1. The summed E-state index contributed by atoms with van der Waals surface area (Å²) in [4.78, 5) is 11.9. The summed E-state index contributed by atoms with van der Waals surface area (Å²) in [6.45, 7) is 2.51. The van der Waals surface area contributed by atoms with E-state index in [2.05, 4.69) is 0 Å². The van der Waals surface area contributed by atoms with E-state index in [1.807, 2.05) is 6.92 Å². The van der Waals surface area contributed by atoms with E-state index in [0.29, 0.717) is 17.9 Å². The molecular formula is C12H17NO2. The molecule has 0 saturated heterocycles. The monoisotopic (exact) mass is 207 g/mol. The van der Waals surface area contributed by atoms with E-state index in [4.69, 9.17) is 10.5 Å². The number of ether oxygens (including phenoxy) is 1. The van der Waals surface area contributed by atoms with Crippen molar-refractivity contribution in [2.75, 3.05) is 19.5 Å². The van der Waals surface area contributed by atoms with E-state index in [1.165, 1.54) is 0 Å². The van der Waals surface area contributed by atoms with Crippen LogP contribution in [0.1, 0.15) is 23.7 Å². The lowest BCUT2D eigenvalue weighted by atomic mass is 9.96. The summed E-state index contributed by atoms with van der Waals surface area (Å²) in [5.74, 6) is 0.103. The molecule has 1 atom stereocenters. The minimum atomic E-state index is -0.0215. The van der Waals surface area contributed by atoms with Crippen LogP contribution in [0.5, 0.6) is 0 Å². The molecule has 82 valence electrons. The number of nitrogen functional groups attached to an aromatic ring is 1. The second kappa shape index (κ2) is 5.51. The molecular weight excluding hydrogens is 190 g/mol. The van der Waals surface area contributed by atoms with Gasteiger partial charge in [0, 0.05) is 30.9 Å². The molecule has 0 bridgehead atoms. The van der Waals surface area contributed by atoms with E-state index < -0.39 is 0 Å². The van der Waals surface area contributed by atoms with Crippen molar-refractivity contribution in [1.29, 1.82) is 0 Å². The van der Waals surface area contributed by atoms with Crippen LogP contribution in [0.3, 0.4) is 0 Å². The Balaban J connectivity index is 2.67. The van der Waals surface area contributed by atoms with Gasteiger partial charge in [0.1, 0.15) is 0 Å². The highest BCUT2D eigenvalue weighted by atomic mass is 16.5. The predicted molar refractivity (Wildman–Crippen MR) is 60.8 cm³/mol. The van der Waals surface area contributed by atoms with E-state index in [0.717, 1.165) is 6.42 Å². The van der Waals surface area contributed by atoms with Crippen molar-refractivity contribution < 1.29 is 9.53 Å². The third kappa shape index (κ3) is 3.36. The maximum absolute atomic E-state index is 11.9. The van der Waals surface area contributed by atoms with Gasteiger partial charge in [0.05, 0.1) is 0 Å². The number of hydrogen-bond donors (Lipinski definition) is 1. The Bertz CT molecular complexity index is 336. The number of ketones is 1. The third-order valence-electron chi connectivity index (χ3n) is 2.37. The highest BCUT2D eigenvalue weighted by Gasteiger charge is 2.14. The highest BCUT2D eigenvalue weighted by molar-refractivity contribution is 5.98. The molecule has 1 aromatic carbocycles. The van der Waals surface area contributed by atoms with Crippen LogP contribution < -0.4 is 5.73 Å². The molecule has 0 aliphatic rings. The van der Waals surface area contributed by atoms with Gasteiger partial charge in [-0.05, 0) is 18.6 Å². The number of rotatable bonds is 5. The van der Waals surface area contributed by atoms with Crippen molar-refractivity contribution in [3.63, 3.8) is 0 Å². The molecule has 0 fully saturated rings. The number of nitrogens with two attached hydrogens (primary N) is 1. The lowest BCUT2D eigenvalue weighted by Gasteiger charge is -2.09. The van der Waals surface area contributed by atoms with Crippen LogP contribution in [-0.2, 0) is 4.74 Å². The molecule has 1 unspecified atom stereocenters. The average Bonchev–Trinajstić information content (AvgIpc) is 2.24. The summed E-state index contributed by atoms with van der Waals surface area (Å²) < 4.78 is 4.95. The molecule has 0 saturated carbocycles. The summed E-state index contributed by atoms with van der Waals surface area (Å²) in [5.41, 5.74) is 6.92. The minimum Gasteiger partial charge on any atom is -0.399 e. The molecule has 0 spiro atoms. The topological polar surface area (TPSA) is 52.3 Å². The van der Waals surface area contributed by atoms with Crippen molar-refractivity contribution >= 4 is 11.5 Å². The first-order chi connectivity index (χ1) is 7.15. The average molecular weight is 207 g/mol. The zero-order valence-corrected chi connectivity index (χ0v) is 9.19. The molecule has 0 radical (unpaired) electrons. The van der Waals surface area contributed by atoms with Gasteiger partial charge in [-0.25, -0.2) is 0 Å². The standard InChI is InChI=1S/C12H17NO2/c1-9(6-7-15-2)12(14)10-4-3-5-11(13)8-10/h3-5,8-9H,6-7,13H2,1-2H3. The molecule has 1 rings (SSSR count). The molecule has 0 amide bonds. The fourth-order valence-electron chi connectivity index (χ4n) is 1.40. The van der Waals surface area contributed by atoms with E-state index in [-0.39, 0.29) is 11.7 Å². The van der Waals surface area contributed by atoms with Gasteiger partial charge in [0.25, 0.3) is 0 Å². The van der Waals surface area contributed by atoms with Gasteiger partial charge < -0.3 is 10.5 Å². The lowest BCUT2D eigenvalue weighted by molar-refractivity contribution is 0.0894. The Morgan fingerprint density at radius 2 is 2.27 bits per heavy atom. The quantitative estimate of drug-likeness (QED) is 0.594. The smallest absolute Gasteiger partial charge is 0.165 e. The SMILES string of the molecule is COCCC(C)C(=O)c1cccc(N)c1. The summed E-state index contributed by atoms with van der Waals surface area (Å²) in [7, 11) is 1.64. The first-order valence-electron chi connectivity index (χ1n) is 5.04. The van der Waals surface area contributed by atoms with Gasteiger partial charge in [-0.3, -0.25) is 4.79 Å². The lowest BCUT2D eigenvalue weighted by Crippen LogP contribution is -2.13. The third-order valence-corrected chi connectivity index (χ3v) is 2.37. The molecule has 3 nitrogen and oxygen atoms in total. The van der Waals surface area contributed by atoms with Gasteiger partial charge in [-0.15, -0.1) is 0 Å². The first-order valence-corrected chi connectivity index (χ1v) is 5.04. The van der Waals surface area contributed by atoms with Crippen LogP contribution in [0.2, 0.25) is 0 Å². The van der Waals surface area contributed by atoms with Crippen molar-refractivity contribution in [2.24, 2.45) is 5.92 Å². The van der Waals surface area contributed by atoms with Crippen LogP contribution in [0, 0.1) is 5.92 Å². The fourth-order valence-corrected chi connectivity index (χ4v) is 1.40. The molecule has 0 aliphatic carbocycles. The Kier molecular flexibility index (Phi) is 4.31. The Morgan fingerprint density at radius 3 is 2.87 bits per heavy atom. The Morgan fingerprint density at radius 1 is 1.53 bits per heavy atom. The van der Waals surface area contributed by atoms with Crippen LogP contribution >= 0.6 is 0 Å². The fraction of sp³-hybridized carbons (Fsp3) is 0.417. The van der Waals surface area contributed by atoms with Crippen LogP contribution in [0.15, 0.2) is 24.3 Å². The van der Waals surface area contributed by atoms with Crippen molar-refractivity contribution in [3.8, 4) is 0 Å². The van der Waals surface area contributed by atoms with Gasteiger partial charge in [-0.2, -0.15) is 0 Å². The van der Waals surface area contributed by atoms with Crippen molar-refractivity contribution in [2.45, 2.75) is 13.3 Å². The number of Topliss-reactive ketones (excluding diaryl/α,β-unsaturated/α-hetero) is 1. The zero-order valence-electron chi connectivity index (χ0n) is 9.19. The molecule has 15 heavy (non-hydrogen) atoms.